The Labute approximate surface area is 221 Å². The Kier molecular flexibility index (Phi) is 13.4. The molecule has 2 atom stereocenters. The monoisotopic (exact) mass is 524 g/mol. The van der Waals surface area contributed by atoms with E-state index >= 15 is 0 Å². The van der Waals surface area contributed by atoms with Gasteiger partial charge in [0.25, 0.3) is 0 Å². The summed E-state index contributed by atoms with van der Waals surface area (Å²) in [5, 5.41) is 16.2. The number of carbonyl (C=O) groups excluding carboxylic acids is 1. The van der Waals surface area contributed by atoms with Gasteiger partial charge >= 0.3 is 12.1 Å². The van der Waals surface area contributed by atoms with Crippen molar-refractivity contribution < 1.29 is 19.4 Å². The van der Waals surface area contributed by atoms with E-state index in [-0.39, 0.29) is 37.4 Å². The molecule has 3 amide bonds. The summed E-state index contributed by atoms with van der Waals surface area (Å²) in [7, 11) is 3.44. The van der Waals surface area contributed by atoms with Crippen molar-refractivity contribution in [2.24, 2.45) is 5.92 Å². The van der Waals surface area contributed by atoms with E-state index in [4.69, 9.17) is 21.4 Å². The molecule has 0 spiro atoms. The van der Waals surface area contributed by atoms with Crippen LogP contribution in [0.15, 0.2) is 24.3 Å². The van der Waals surface area contributed by atoms with Crippen LogP contribution in [0.4, 0.5) is 9.59 Å². The Bertz CT molecular complexity index is 804. The minimum absolute atomic E-state index is 0.0214. The molecule has 2 rings (SSSR count). The first-order chi connectivity index (χ1) is 17.2. The van der Waals surface area contributed by atoms with Crippen molar-refractivity contribution in [2.45, 2.75) is 77.0 Å². The maximum Gasteiger partial charge on any atom is 0.407 e. The molecule has 9 heteroatoms. The molecule has 1 aromatic rings. The molecule has 0 aromatic heterocycles. The average molecular weight is 525 g/mol. The van der Waals surface area contributed by atoms with Crippen LogP contribution in [0.25, 0.3) is 0 Å². The van der Waals surface area contributed by atoms with Crippen molar-refractivity contribution in [1.82, 2.24) is 20.4 Å². The first kappa shape index (κ1) is 30.2. The van der Waals surface area contributed by atoms with E-state index in [1.807, 2.05) is 50.1 Å². The molecule has 0 bridgehead atoms. The summed E-state index contributed by atoms with van der Waals surface area (Å²) >= 11 is 6.22. The van der Waals surface area contributed by atoms with Crippen molar-refractivity contribution in [3.8, 4) is 0 Å². The van der Waals surface area contributed by atoms with E-state index in [2.05, 4.69) is 10.6 Å². The number of hydrogen-bond donors (Lipinski definition) is 3. The first-order valence-corrected chi connectivity index (χ1v) is 13.6. The van der Waals surface area contributed by atoms with E-state index in [1.54, 1.807) is 0 Å². The molecule has 0 aliphatic heterocycles. The van der Waals surface area contributed by atoms with Crippen molar-refractivity contribution in [3.63, 3.8) is 0 Å². The smallest absolute Gasteiger partial charge is 0.407 e. The molecule has 0 unspecified atom stereocenters. The number of benzene rings is 1. The number of nitrogens with one attached hydrogen (secondary N) is 2. The van der Waals surface area contributed by atoms with Crippen LogP contribution in [-0.2, 0) is 4.74 Å². The van der Waals surface area contributed by atoms with Crippen LogP contribution in [0.2, 0.25) is 5.02 Å². The molecule has 1 fully saturated rings. The predicted octanol–water partition coefficient (Wildman–Crippen LogP) is 5.38. The quantitative estimate of drug-likeness (QED) is 0.304. The summed E-state index contributed by atoms with van der Waals surface area (Å²) in [6, 6.07) is 7.55. The molecule has 1 aromatic carbocycles. The van der Waals surface area contributed by atoms with Gasteiger partial charge in [0, 0.05) is 43.8 Å². The van der Waals surface area contributed by atoms with Crippen LogP contribution in [0.5, 0.6) is 0 Å². The van der Waals surface area contributed by atoms with Gasteiger partial charge in [-0.05, 0) is 57.4 Å². The maximum absolute atomic E-state index is 13.3. The van der Waals surface area contributed by atoms with E-state index in [0.29, 0.717) is 23.9 Å². The summed E-state index contributed by atoms with van der Waals surface area (Å²) in [6.07, 6.45) is 6.67. The fourth-order valence-corrected chi connectivity index (χ4v) is 5.05. The highest BCUT2D eigenvalue weighted by molar-refractivity contribution is 6.30. The van der Waals surface area contributed by atoms with Gasteiger partial charge in [0.2, 0.25) is 0 Å². The van der Waals surface area contributed by atoms with Crippen molar-refractivity contribution in [3.05, 3.63) is 34.9 Å². The molecule has 8 nitrogen and oxygen atoms in total. The molecule has 0 heterocycles. The van der Waals surface area contributed by atoms with Gasteiger partial charge in [0.05, 0.1) is 12.7 Å². The highest BCUT2D eigenvalue weighted by Crippen LogP contribution is 2.28. The summed E-state index contributed by atoms with van der Waals surface area (Å²) in [5.41, 5.74) is 0.912. The summed E-state index contributed by atoms with van der Waals surface area (Å²) in [5.74, 6) is 0.675. The second kappa shape index (κ2) is 15.9. The lowest BCUT2D eigenvalue weighted by molar-refractivity contribution is 0.0294. The maximum atomic E-state index is 13.3. The van der Waals surface area contributed by atoms with Crippen molar-refractivity contribution in [2.75, 3.05) is 40.3 Å². The predicted molar refractivity (Wildman–Crippen MR) is 145 cm³/mol. The highest BCUT2D eigenvalue weighted by atomic mass is 35.5. The zero-order chi connectivity index (χ0) is 26.5. The van der Waals surface area contributed by atoms with E-state index < -0.39 is 6.09 Å². The molecule has 36 heavy (non-hydrogen) atoms. The minimum Gasteiger partial charge on any atom is -0.465 e. The lowest BCUT2D eigenvalue weighted by Gasteiger charge is -2.32. The van der Waals surface area contributed by atoms with E-state index in [9.17, 15) is 9.59 Å². The van der Waals surface area contributed by atoms with Gasteiger partial charge in [-0.1, -0.05) is 55.8 Å². The summed E-state index contributed by atoms with van der Waals surface area (Å²) in [4.78, 5) is 27.5. The molecule has 1 aliphatic rings. The minimum atomic E-state index is -0.995. The number of halogens is 1. The average Bonchev–Trinajstić information content (AvgIpc) is 2.83. The molecule has 3 N–H and O–H groups in total. The Hall–Kier alpha value is -2.03. The summed E-state index contributed by atoms with van der Waals surface area (Å²) in [6.45, 7) is 5.80. The number of nitrogens with zero attached hydrogens (tertiary/aromatic N) is 2. The van der Waals surface area contributed by atoms with Gasteiger partial charge in [-0.3, -0.25) is 0 Å². The number of likely N-dealkylation sites (N-methyl/N-ethyl adjacent to an activating group) is 2. The fraction of sp³-hybridized carbons (Fsp3) is 0.704. The largest absolute Gasteiger partial charge is 0.465 e. The van der Waals surface area contributed by atoms with E-state index in [1.165, 1.54) is 44.1 Å². The second-order valence-corrected chi connectivity index (χ2v) is 10.6. The lowest BCUT2D eigenvalue weighted by Crippen LogP contribution is -2.51. The van der Waals surface area contributed by atoms with Crippen LogP contribution in [0, 0.1) is 5.92 Å². The third-order valence-electron chi connectivity index (χ3n) is 6.93. The number of rotatable bonds is 14. The summed E-state index contributed by atoms with van der Waals surface area (Å²) < 4.78 is 6.10. The molecular formula is C27H45ClN4O4. The molecule has 204 valence electrons. The third kappa shape index (κ3) is 10.5. The number of carbonyl (C=O) groups is 2. The topological polar surface area (TPSA) is 94.1 Å². The second-order valence-electron chi connectivity index (χ2n) is 10.1. The van der Waals surface area contributed by atoms with Gasteiger partial charge in [-0.2, -0.15) is 0 Å². The highest BCUT2D eigenvalue weighted by Gasteiger charge is 2.25. The number of carboxylic acid groups (broad SMARTS) is 1. The van der Waals surface area contributed by atoms with Crippen LogP contribution in [0.3, 0.4) is 0 Å². The number of hydrogen-bond acceptors (Lipinski definition) is 4. The van der Waals surface area contributed by atoms with Crippen molar-refractivity contribution >= 4 is 23.7 Å². The van der Waals surface area contributed by atoms with Gasteiger partial charge in [-0.15, -0.1) is 0 Å². The fourth-order valence-electron chi connectivity index (χ4n) is 4.85. The Morgan fingerprint density at radius 2 is 1.92 bits per heavy atom. The van der Waals surface area contributed by atoms with Crippen LogP contribution < -0.4 is 10.6 Å². The molecule has 1 aliphatic carbocycles. The van der Waals surface area contributed by atoms with Crippen LogP contribution in [0.1, 0.15) is 70.5 Å². The number of urea groups is 1. The Balaban J connectivity index is 2.03. The third-order valence-corrected chi connectivity index (χ3v) is 7.16. The number of amides is 3. The lowest BCUT2D eigenvalue weighted by atomic mass is 9.85. The van der Waals surface area contributed by atoms with Crippen molar-refractivity contribution in [1.29, 1.82) is 0 Å². The van der Waals surface area contributed by atoms with Gasteiger partial charge in [0.1, 0.15) is 0 Å². The molecule has 0 radical (unpaired) electrons. The molecular weight excluding hydrogens is 480 g/mol. The van der Waals surface area contributed by atoms with Crippen LogP contribution >= 0.6 is 11.6 Å². The van der Waals surface area contributed by atoms with Gasteiger partial charge in [0.15, 0.2) is 0 Å². The zero-order valence-corrected chi connectivity index (χ0v) is 23.1. The van der Waals surface area contributed by atoms with E-state index in [0.717, 1.165) is 18.5 Å². The Morgan fingerprint density at radius 1 is 1.19 bits per heavy atom. The van der Waals surface area contributed by atoms with Gasteiger partial charge in [-0.25, -0.2) is 9.59 Å². The molecule has 0 saturated heterocycles. The Morgan fingerprint density at radius 3 is 2.53 bits per heavy atom. The van der Waals surface area contributed by atoms with Crippen LogP contribution in [-0.4, -0.2) is 79.5 Å². The normalized spacial score (nSPS) is 15.9. The SMILES string of the molecule is CNC[C@H](CC1CCCCC1)NC(=O)N(CC[C@H](OCCN(C)C(=O)O)c1cccc(Cl)c1)C(C)C. The zero-order valence-electron chi connectivity index (χ0n) is 22.3. The number of ether oxygens (including phenoxy) is 1. The first-order valence-electron chi connectivity index (χ1n) is 13.2. The van der Waals surface area contributed by atoms with Gasteiger partial charge < -0.3 is 30.3 Å². The standard InChI is InChI=1S/C27H45ClN4O4/c1-20(2)32(26(33)30-24(19-29-3)17-21-9-6-5-7-10-21)14-13-25(22-11-8-12-23(28)18-22)36-16-15-31(4)27(34)35/h8,11-12,18,20-21,24-25,29H,5-7,9-10,13-17,19H2,1-4H3,(H,30,33)(H,34,35)/t24-,25-/m0/s1. The molecule has 1 saturated carbocycles.